The second-order valence-electron chi connectivity index (χ2n) is 5.46. The minimum absolute atomic E-state index is 0.227. The van der Waals surface area contributed by atoms with E-state index in [-0.39, 0.29) is 6.04 Å². The van der Waals surface area contributed by atoms with Crippen molar-refractivity contribution in [3.8, 4) is 0 Å². The summed E-state index contributed by atoms with van der Waals surface area (Å²) in [5, 5.41) is 8.13. The average molecular weight is 285 g/mol. The van der Waals surface area contributed by atoms with Crippen LogP contribution in [0.15, 0.2) is 36.5 Å². The lowest BCUT2D eigenvalue weighted by Gasteiger charge is -2.21. The maximum atomic E-state index is 4.47. The molecule has 0 saturated carbocycles. The molecule has 1 aromatic carbocycles. The largest absolute Gasteiger partial charge is 0.305 e. The van der Waals surface area contributed by atoms with Gasteiger partial charge >= 0.3 is 0 Å². The van der Waals surface area contributed by atoms with Crippen molar-refractivity contribution in [2.75, 3.05) is 6.54 Å². The Morgan fingerprint density at radius 1 is 1.05 bits per heavy atom. The van der Waals surface area contributed by atoms with Crippen molar-refractivity contribution in [1.82, 2.24) is 15.1 Å². The smallest absolute Gasteiger partial charge is 0.0748 e. The fourth-order valence-electron chi connectivity index (χ4n) is 2.61. The fourth-order valence-corrected chi connectivity index (χ4v) is 2.61. The lowest BCUT2D eigenvalue weighted by Crippen LogP contribution is -2.26. The summed E-state index contributed by atoms with van der Waals surface area (Å²) >= 11 is 0. The van der Waals surface area contributed by atoms with Crippen LogP contribution in [0.25, 0.3) is 0 Å². The second-order valence-corrected chi connectivity index (χ2v) is 5.46. The summed E-state index contributed by atoms with van der Waals surface area (Å²) in [7, 11) is 0. The minimum atomic E-state index is 0.227. The molecule has 21 heavy (non-hydrogen) atoms. The fraction of sp³-hybridized carbons (Fsp3) is 0.500. The molecule has 0 spiro atoms. The zero-order valence-corrected chi connectivity index (χ0v) is 13.5. The van der Waals surface area contributed by atoms with Crippen LogP contribution in [0.1, 0.15) is 56.5 Å². The van der Waals surface area contributed by atoms with Gasteiger partial charge in [0, 0.05) is 12.7 Å². The third-order valence-electron chi connectivity index (χ3n) is 3.80. The average Bonchev–Trinajstić information content (AvgIpc) is 2.97. The Bertz CT molecular complexity index is 528. The van der Waals surface area contributed by atoms with Crippen LogP contribution in [0.2, 0.25) is 0 Å². The summed E-state index contributed by atoms with van der Waals surface area (Å²) in [6.07, 6.45) is 5.22. The van der Waals surface area contributed by atoms with E-state index in [9.17, 15) is 0 Å². The first kappa shape index (κ1) is 15.8. The lowest BCUT2D eigenvalue weighted by molar-refractivity contribution is 0.511. The van der Waals surface area contributed by atoms with Crippen molar-refractivity contribution in [3.05, 3.63) is 53.3 Å². The Balaban J connectivity index is 2.29. The van der Waals surface area contributed by atoms with Gasteiger partial charge in [-0.1, -0.05) is 45.0 Å². The summed E-state index contributed by atoms with van der Waals surface area (Å²) < 4.78 is 2.13. The standard InChI is InChI=1S/C18H27N3/c1-4-12-19-18(16-9-7-15(6-3)8-10-16)17-11-13-20-21(17)14-5-2/h7-11,13,18-19H,4-6,12,14H2,1-3H3. The van der Waals surface area contributed by atoms with Gasteiger partial charge in [0.15, 0.2) is 0 Å². The van der Waals surface area contributed by atoms with Crippen LogP contribution in [-0.2, 0) is 13.0 Å². The van der Waals surface area contributed by atoms with E-state index in [0.29, 0.717) is 0 Å². The number of rotatable bonds is 8. The van der Waals surface area contributed by atoms with Crippen LogP contribution in [-0.4, -0.2) is 16.3 Å². The molecule has 0 aliphatic rings. The molecular weight excluding hydrogens is 258 g/mol. The van der Waals surface area contributed by atoms with Gasteiger partial charge in [0.2, 0.25) is 0 Å². The molecule has 2 rings (SSSR count). The molecule has 0 radical (unpaired) electrons. The maximum Gasteiger partial charge on any atom is 0.0748 e. The van der Waals surface area contributed by atoms with Crippen LogP contribution in [0.3, 0.4) is 0 Å². The molecule has 0 aliphatic heterocycles. The van der Waals surface area contributed by atoms with Crippen molar-refractivity contribution in [2.45, 2.75) is 52.6 Å². The molecule has 3 nitrogen and oxygen atoms in total. The molecule has 1 unspecified atom stereocenters. The van der Waals surface area contributed by atoms with Gasteiger partial charge in [-0.05, 0) is 43.0 Å². The Morgan fingerprint density at radius 2 is 1.81 bits per heavy atom. The Kier molecular flexibility index (Phi) is 6.00. The number of nitrogens with zero attached hydrogens (tertiary/aromatic N) is 2. The molecule has 2 aromatic rings. The van der Waals surface area contributed by atoms with E-state index in [1.54, 1.807) is 0 Å². The van der Waals surface area contributed by atoms with E-state index >= 15 is 0 Å². The molecule has 1 atom stereocenters. The molecule has 1 N–H and O–H groups in total. The number of hydrogen-bond acceptors (Lipinski definition) is 2. The number of aryl methyl sites for hydroxylation is 2. The first-order valence-corrected chi connectivity index (χ1v) is 8.14. The predicted octanol–water partition coefficient (Wildman–Crippen LogP) is 3.94. The predicted molar refractivity (Wildman–Crippen MR) is 88.5 cm³/mol. The van der Waals surface area contributed by atoms with Crippen molar-refractivity contribution in [2.24, 2.45) is 0 Å². The first-order valence-electron chi connectivity index (χ1n) is 8.14. The third kappa shape index (κ3) is 3.94. The Hall–Kier alpha value is -1.61. The SMILES string of the molecule is CCCNC(c1ccc(CC)cc1)c1ccnn1CCC. The molecule has 0 bridgehead atoms. The summed E-state index contributed by atoms with van der Waals surface area (Å²) in [5.74, 6) is 0. The summed E-state index contributed by atoms with van der Waals surface area (Å²) in [4.78, 5) is 0. The molecule has 114 valence electrons. The van der Waals surface area contributed by atoms with Crippen molar-refractivity contribution in [3.63, 3.8) is 0 Å². The zero-order valence-electron chi connectivity index (χ0n) is 13.5. The highest BCUT2D eigenvalue weighted by molar-refractivity contribution is 5.30. The lowest BCUT2D eigenvalue weighted by atomic mass is 10.0. The topological polar surface area (TPSA) is 29.9 Å². The number of hydrogen-bond donors (Lipinski definition) is 1. The highest BCUT2D eigenvalue weighted by Crippen LogP contribution is 2.23. The van der Waals surface area contributed by atoms with Gasteiger partial charge in [-0.15, -0.1) is 0 Å². The van der Waals surface area contributed by atoms with Gasteiger partial charge in [0.25, 0.3) is 0 Å². The first-order chi connectivity index (χ1) is 10.3. The number of benzene rings is 1. The zero-order chi connectivity index (χ0) is 15.1. The summed E-state index contributed by atoms with van der Waals surface area (Å²) in [6.45, 7) is 8.57. The minimum Gasteiger partial charge on any atom is -0.305 e. The Labute approximate surface area is 128 Å². The van der Waals surface area contributed by atoms with Crippen LogP contribution in [0, 0.1) is 0 Å². The second kappa shape index (κ2) is 7.99. The number of nitrogens with one attached hydrogen (secondary N) is 1. The van der Waals surface area contributed by atoms with Crippen LogP contribution < -0.4 is 5.32 Å². The van der Waals surface area contributed by atoms with Gasteiger partial charge in [0.1, 0.15) is 0 Å². The molecular formula is C18H27N3. The van der Waals surface area contributed by atoms with Crippen molar-refractivity contribution < 1.29 is 0 Å². The van der Waals surface area contributed by atoms with Gasteiger partial charge in [-0.25, -0.2) is 0 Å². The van der Waals surface area contributed by atoms with Gasteiger partial charge in [-0.2, -0.15) is 5.10 Å². The van der Waals surface area contributed by atoms with E-state index in [4.69, 9.17) is 0 Å². The normalized spacial score (nSPS) is 12.5. The summed E-state index contributed by atoms with van der Waals surface area (Å²) in [5.41, 5.74) is 3.96. The monoisotopic (exact) mass is 285 g/mol. The molecule has 0 fully saturated rings. The van der Waals surface area contributed by atoms with Crippen LogP contribution in [0.5, 0.6) is 0 Å². The van der Waals surface area contributed by atoms with Crippen LogP contribution >= 0.6 is 0 Å². The van der Waals surface area contributed by atoms with E-state index in [1.807, 2.05) is 6.20 Å². The van der Waals surface area contributed by atoms with E-state index < -0.39 is 0 Å². The quantitative estimate of drug-likeness (QED) is 0.796. The molecule has 0 aliphatic carbocycles. The van der Waals surface area contributed by atoms with E-state index in [0.717, 1.165) is 32.4 Å². The number of aromatic nitrogens is 2. The molecule has 1 aromatic heterocycles. The van der Waals surface area contributed by atoms with Crippen LogP contribution in [0.4, 0.5) is 0 Å². The van der Waals surface area contributed by atoms with Gasteiger partial charge in [0.05, 0.1) is 11.7 Å². The molecule has 3 heteroatoms. The van der Waals surface area contributed by atoms with Gasteiger partial charge < -0.3 is 5.32 Å². The molecule has 0 saturated heterocycles. The molecule has 0 amide bonds. The maximum absolute atomic E-state index is 4.47. The third-order valence-corrected chi connectivity index (χ3v) is 3.80. The van der Waals surface area contributed by atoms with Crippen molar-refractivity contribution in [1.29, 1.82) is 0 Å². The van der Waals surface area contributed by atoms with E-state index in [2.05, 4.69) is 66.2 Å². The highest BCUT2D eigenvalue weighted by atomic mass is 15.3. The highest BCUT2D eigenvalue weighted by Gasteiger charge is 2.17. The van der Waals surface area contributed by atoms with Gasteiger partial charge in [-0.3, -0.25) is 4.68 Å². The molecule has 1 heterocycles. The summed E-state index contributed by atoms with van der Waals surface area (Å²) in [6, 6.07) is 11.3. The van der Waals surface area contributed by atoms with Crippen molar-refractivity contribution >= 4 is 0 Å². The van der Waals surface area contributed by atoms with E-state index in [1.165, 1.54) is 16.8 Å². The Morgan fingerprint density at radius 3 is 2.43 bits per heavy atom.